The molecule has 0 bridgehead atoms. The molecule has 1 aliphatic carbocycles. The summed E-state index contributed by atoms with van der Waals surface area (Å²) in [4.78, 5) is 4.54. The maximum Gasteiger partial charge on any atom is 0.158 e. The molecule has 0 unspecified atom stereocenters. The van der Waals surface area contributed by atoms with Crippen molar-refractivity contribution in [1.29, 1.82) is 5.26 Å². The summed E-state index contributed by atoms with van der Waals surface area (Å²) >= 11 is 0. The molecule has 154 valence electrons. The van der Waals surface area contributed by atoms with E-state index in [-0.39, 0.29) is 34.2 Å². The van der Waals surface area contributed by atoms with Gasteiger partial charge in [-0.1, -0.05) is 42.5 Å². The molecular formula is C24H20FN5O. The van der Waals surface area contributed by atoms with Crippen LogP contribution in [0.2, 0.25) is 0 Å². The number of aliphatic hydroxyl groups is 1. The third-order valence-corrected chi connectivity index (χ3v) is 5.88. The van der Waals surface area contributed by atoms with Crippen LogP contribution in [0.1, 0.15) is 31.4 Å². The number of pyridine rings is 1. The Morgan fingerprint density at radius 3 is 2.55 bits per heavy atom. The van der Waals surface area contributed by atoms with Gasteiger partial charge in [-0.3, -0.25) is 0 Å². The molecule has 2 aromatic carbocycles. The van der Waals surface area contributed by atoms with E-state index in [0.717, 1.165) is 5.56 Å². The molecule has 1 saturated carbocycles. The highest BCUT2D eigenvalue weighted by atomic mass is 19.1. The summed E-state index contributed by atoms with van der Waals surface area (Å²) in [6, 6.07) is 18.5. The Balaban J connectivity index is 1.64. The number of nitrogens with zero attached hydrogens (tertiary/aromatic N) is 4. The van der Waals surface area contributed by atoms with E-state index >= 15 is 4.39 Å². The van der Waals surface area contributed by atoms with Gasteiger partial charge < -0.3 is 10.8 Å². The van der Waals surface area contributed by atoms with E-state index in [1.807, 2.05) is 42.5 Å². The first-order valence-corrected chi connectivity index (χ1v) is 10.0. The van der Waals surface area contributed by atoms with Gasteiger partial charge in [0.05, 0.1) is 17.3 Å². The molecule has 0 saturated heterocycles. The number of fused-ring (bicyclic) bond motifs is 1. The highest BCUT2D eigenvalue weighted by molar-refractivity contribution is 5.88. The van der Waals surface area contributed by atoms with E-state index in [0.29, 0.717) is 23.9 Å². The summed E-state index contributed by atoms with van der Waals surface area (Å²) in [6.45, 7) is 1.74. The Bertz CT molecular complexity index is 1350. The summed E-state index contributed by atoms with van der Waals surface area (Å²) in [5.74, 6) is -0.361. The Morgan fingerprint density at radius 2 is 1.87 bits per heavy atom. The molecule has 0 aliphatic heterocycles. The van der Waals surface area contributed by atoms with Crippen LogP contribution in [0.4, 0.5) is 10.2 Å². The van der Waals surface area contributed by atoms with Gasteiger partial charge in [-0.25, -0.2) is 14.1 Å². The van der Waals surface area contributed by atoms with Crippen molar-refractivity contribution in [2.45, 2.75) is 31.4 Å². The monoisotopic (exact) mass is 413 g/mol. The van der Waals surface area contributed by atoms with Crippen molar-refractivity contribution in [1.82, 2.24) is 14.8 Å². The third-order valence-electron chi connectivity index (χ3n) is 5.88. The van der Waals surface area contributed by atoms with Crippen molar-refractivity contribution < 1.29 is 9.50 Å². The maximum atomic E-state index is 15.6. The van der Waals surface area contributed by atoms with Gasteiger partial charge in [0.2, 0.25) is 0 Å². The molecule has 3 N–H and O–H groups in total. The summed E-state index contributed by atoms with van der Waals surface area (Å²) in [7, 11) is 0. The molecule has 2 heterocycles. The number of hydrogen-bond acceptors (Lipinski definition) is 5. The number of nitriles is 1. The van der Waals surface area contributed by atoms with E-state index in [1.54, 1.807) is 19.1 Å². The zero-order chi connectivity index (χ0) is 21.8. The van der Waals surface area contributed by atoms with Gasteiger partial charge in [0, 0.05) is 16.5 Å². The zero-order valence-electron chi connectivity index (χ0n) is 16.9. The lowest BCUT2D eigenvalue weighted by atomic mass is 9.77. The fourth-order valence-electron chi connectivity index (χ4n) is 4.26. The fraction of sp³-hybridized carbons (Fsp3) is 0.208. The van der Waals surface area contributed by atoms with Crippen molar-refractivity contribution in [2.24, 2.45) is 0 Å². The maximum absolute atomic E-state index is 15.6. The number of rotatable bonds is 3. The van der Waals surface area contributed by atoms with E-state index in [9.17, 15) is 10.4 Å². The predicted octanol–water partition coefficient (Wildman–Crippen LogP) is 4.44. The van der Waals surface area contributed by atoms with Gasteiger partial charge in [0.15, 0.2) is 5.82 Å². The first-order chi connectivity index (χ1) is 14.9. The van der Waals surface area contributed by atoms with Crippen LogP contribution in [-0.2, 0) is 0 Å². The average molecular weight is 413 g/mol. The average Bonchev–Trinajstić information content (AvgIpc) is 3.08. The minimum absolute atomic E-state index is 0.123. The second kappa shape index (κ2) is 6.89. The molecule has 5 rings (SSSR count). The van der Waals surface area contributed by atoms with Crippen molar-refractivity contribution in [3.05, 3.63) is 66.0 Å². The number of aromatic nitrogens is 3. The molecule has 31 heavy (non-hydrogen) atoms. The van der Waals surface area contributed by atoms with Crippen molar-refractivity contribution >= 4 is 16.7 Å². The lowest BCUT2D eigenvalue weighted by Crippen LogP contribution is -2.42. The number of halogens is 1. The summed E-state index contributed by atoms with van der Waals surface area (Å²) in [5.41, 5.74) is 7.65. The third kappa shape index (κ3) is 3.13. The minimum atomic E-state index is -0.776. The molecule has 0 amide bonds. The van der Waals surface area contributed by atoms with E-state index < -0.39 is 11.4 Å². The molecule has 1 fully saturated rings. The van der Waals surface area contributed by atoms with Gasteiger partial charge in [0.25, 0.3) is 0 Å². The van der Waals surface area contributed by atoms with Crippen LogP contribution < -0.4 is 5.73 Å². The van der Waals surface area contributed by atoms with E-state index in [1.165, 1.54) is 4.68 Å². The van der Waals surface area contributed by atoms with Crippen LogP contribution in [0.5, 0.6) is 0 Å². The number of nitrogens with two attached hydrogens (primary N) is 1. The SMILES string of the molecule is C[C@]1(O)C[C@@H](n2nc(-c3ccc4ccc(-c5ccccc5)nc4c3F)c(C#N)c2N)C1. The van der Waals surface area contributed by atoms with Gasteiger partial charge in [-0.2, -0.15) is 10.4 Å². The largest absolute Gasteiger partial charge is 0.390 e. The summed E-state index contributed by atoms with van der Waals surface area (Å²) in [5, 5.41) is 24.9. The standard InChI is InChI=1S/C24H20FN5O/c1-24(31)11-16(12-24)30-23(27)18(13-26)22(29-30)17-9-7-15-8-10-19(28-21(15)20(17)25)14-5-3-2-4-6-14/h2-10,16,31H,11-12,27H2,1H3/t16-,24+. The molecule has 1 aliphatic rings. The number of benzene rings is 2. The molecule has 6 nitrogen and oxygen atoms in total. The molecular weight excluding hydrogens is 393 g/mol. The van der Waals surface area contributed by atoms with Crippen molar-refractivity contribution in [3.63, 3.8) is 0 Å². The predicted molar refractivity (Wildman–Crippen MR) is 116 cm³/mol. The van der Waals surface area contributed by atoms with Crippen LogP contribution in [0.25, 0.3) is 33.4 Å². The van der Waals surface area contributed by atoms with Gasteiger partial charge in [-0.05, 0) is 31.9 Å². The first kappa shape index (κ1) is 19.2. The fourth-order valence-corrected chi connectivity index (χ4v) is 4.26. The highest BCUT2D eigenvalue weighted by Crippen LogP contribution is 2.43. The first-order valence-electron chi connectivity index (χ1n) is 10.0. The van der Waals surface area contributed by atoms with Crippen molar-refractivity contribution in [2.75, 3.05) is 5.73 Å². The Morgan fingerprint density at radius 1 is 1.16 bits per heavy atom. The smallest absolute Gasteiger partial charge is 0.158 e. The van der Waals surface area contributed by atoms with Crippen LogP contribution >= 0.6 is 0 Å². The van der Waals surface area contributed by atoms with Crippen LogP contribution in [0, 0.1) is 17.1 Å². The molecule has 4 aromatic rings. The second-order valence-electron chi connectivity index (χ2n) is 8.29. The van der Waals surface area contributed by atoms with E-state index in [2.05, 4.69) is 16.2 Å². The molecule has 2 aromatic heterocycles. The van der Waals surface area contributed by atoms with Crippen molar-refractivity contribution in [3.8, 4) is 28.6 Å². The van der Waals surface area contributed by atoms with Gasteiger partial charge in [0.1, 0.15) is 28.7 Å². The minimum Gasteiger partial charge on any atom is -0.390 e. The summed E-state index contributed by atoms with van der Waals surface area (Å²) < 4.78 is 17.2. The van der Waals surface area contributed by atoms with E-state index in [4.69, 9.17) is 5.73 Å². The normalized spacial score (nSPS) is 20.4. The highest BCUT2D eigenvalue weighted by Gasteiger charge is 2.41. The molecule has 0 spiro atoms. The van der Waals surface area contributed by atoms with Gasteiger partial charge in [-0.15, -0.1) is 0 Å². The van der Waals surface area contributed by atoms with Crippen LogP contribution in [0.3, 0.4) is 0 Å². The number of hydrogen-bond donors (Lipinski definition) is 2. The molecule has 0 atom stereocenters. The Kier molecular flexibility index (Phi) is 4.27. The van der Waals surface area contributed by atoms with Crippen LogP contribution in [0.15, 0.2) is 54.6 Å². The molecule has 7 heteroatoms. The Hall–Kier alpha value is -3.76. The lowest BCUT2D eigenvalue weighted by Gasteiger charge is -2.41. The number of anilines is 1. The lowest BCUT2D eigenvalue weighted by molar-refractivity contribution is -0.0535. The van der Waals surface area contributed by atoms with Crippen LogP contribution in [-0.4, -0.2) is 25.5 Å². The topological polar surface area (TPSA) is 101 Å². The summed E-state index contributed by atoms with van der Waals surface area (Å²) in [6.07, 6.45) is 0.955. The number of nitrogen functional groups attached to an aromatic ring is 1. The second-order valence-corrected chi connectivity index (χ2v) is 8.29. The zero-order valence-corrected chi connectivity index (χ0v) is 16.9. The molecule has 0 radical (unpaired) electrons. The van der Waals surface area contributed by atoms with Gasteiger partial charge >= 0.3 is 0 Å². The Labute approximate surface area is 178 Å². The quantitative estimate of drug-likeness (QED) is 0.517.